The van der Waals surface area contributed by atoms with E-state index in [0.717, 1.165) is 18.4 Å². The highest BCUT2D eigenvalue weighted by molar-refractivity contribution is 6.00. The highest BCUT2D eigenvalue weighted by Crippen LogP contribution is 2.31. The number of benzene rings is 1. The first kappa shape index (κ1) is 12.0. The Hall–Kier alpha value is -2.10. The molecule has 0 unspecified atom stereocenters. The fourth-order valence-corrected chi connectivity index (χ4v) is 2.17. The van der Waals surface area contributed by atoms with Crippen LogP contribution in [-0.4, -0.2) is 23.5 Å². The van der Waals surface area contributed by atoms with Gasteiger partial charge in [-0.05, 0) is 30.4 Å². The normalized spacial score (nSPS) is 22.8. The molecule has 2 fully saturated rings. The average Bonchev–Trinajstić information content (AvgIpc) is 3.19. The van der Waals surface area contributed by atoms with Gasteiger partial charge in [0.15, 0.2) is 0 Å². The standard InChI is InChI=1S/C15H15NO3/c17-14(9-8-11-6-7-11)16-13(10-19-15(16)18)12-4-2-1-3-5-12/h1-5,8-9,11,13H,6-7,10H2/b9-8+/t13-/m1/s1. The Morgan fingerprint density at radius 3 is 2.68 bits per heavy atom. The molecule has 1 aromatic carbocycles. The maximum atomic E-state index is 12.1. The van der Waals surface area contributed by atoms with Gasteiger partial charge in [0, 0.05) is 0 Å². The maximum Gasteiger partial charge on any atom is 0.417 e. The minimum absolute atomic E-state index is 0.228. The number of hydrogen-bond acceptors (Lipinski definition) is 3. The lowest BCUT2D eigenvalue weighted by Gasteiger charge is -2.18. The summed E-state index contributed by atoms with van der Waals surface area (Å²) in [6, 6.07) is 9.17. The molecular formula is C15H15NO3. The average molecular weight is 257 g/mol. The van der Waals surface area contributed by atoms with Crippen LogP contribution in [0.4, 0.5) is 4.79 Å². The summed E-state index contributed by atoms with van der Waals surface area (Å²) in [5.74, 6) is 0.223. The number of rotatable bonds is 3. The second-order valence-electron chi connectivity index (χ2n) is 4.91. The van der Waals surface area contributed by atoms with Crippen LogP contribution in [0.5, 0.6) is 0 Å². The topological polar surface area (TPSA) is 46.6 Å². The van der Waals surface area contributed by atoms with E-state index in [-0.39, 0.29) is 18.6 Å². The first-order valence-corrected chi connectivity index (χ1v) is 6.49. The summed E-state index contributed by atoms with van der Waals surface area (Å²) in [6.07, 6.45) is 5.10. The zero-order chi connectivity index (χ0) is 13.2. The Morgan fingerprint density at radius 1 is 1.26 bits per heavy atom. The molecule has 0 radical (unpaired) electrons. The minimum atomic E-state index is -0.556. The lowest BCUT2D eigenvalue weighted by atomic mass is 10.1. The van der Waals surface area contributed by atoms with E-state index in [1.807, 2.05) is 36.4 Å². The summed E-state index contributed by atoms with van der Waals surface area (Å²) in [5.41, 5.74) is 0.918. The lowest BCUT2D eigenvalue weighted by molar-refractivity contribution is -0.124. The highest BCUT2D eigenvalue weighted by Gasteiger charge is 2.37. The Bertz CT molecular complexity index is 519. The number of nitrogens with zero attached hydrogens (tertiary/aromatic N) is 1. The van der Waals surface area contributed by atoms with Crippen molar-refractivity contribution in [2.45, 2.75) is 18.9 Å². The van der Waals surface area contributed by atoms with Crippen molar-refractivity contribution < 1.29 is 14.3 Å². The van der Waals surface area contributed by atoms with Crippen LogP contribution < -0.4 is 0 Å². The first-order valence-electron chi connectivity index (χ1n) is 6.49. The molecule has 2 aliphatic rings. The largest absolute Gasteiger partial charge is 0.446 e. The molecule has 0 bridgehead atoms. The van der Waals surface area contributed by atoms with Crippen molar-refractivity contribution in [3.8, 4) is 0 Å². The van der Waals surface area contributed by atoms with Crippen LogP contribution in [0.2, 0.25) is 0 Å². The van der Waals surface area contributed by atoms with E-state index in [1.165, 1.54) is 11.0 Å². The predicted octanol–water partition coefficient (Wildman–Crippen LogP) is 2.67. The number of carbonyl (C=O) groups is 2. The van der Waals surface area contributed by atoms with E-state index in [9.17, 15) is 9.59 Å². The van der Waals surface area contributed by atoms with Crippen LogP contribution in [0.15, 0.2) is 42.5 Å². The van der Waals surface area contributed by atoms with Gasteiger partial charge in [0.25, 0.3) is 5.91 Å². The van der Waals surface area contributed by atoms with Crippen LogP contribution in [0.1, 0.15) is 24.4 Å². The number of amides is 2. The van der Waals surface area contributed by atoms with E-state index >= 15 is 0 Å². The van der Waals surface area contributed by atoms with Gasteiger partial charge in [-0.15, -0.1) is 0 Å². The lowest BCUT2D eigenvalue weighted by Crippen LogP contribution is -2.32. The Kier molecular flexibility index (Phi) is 3.07. The van der Waals surface area contributed by atoms with Gasteiger partial charge in [-0.2, -0.15) is 0 Å². The van der Waals surface area contributed by atoms with E-state index in [1.54, 1.807) is 0 Å². The van der Waals surface area contributed by atoms with E-state index in [2.05, 4.69) is 0 Å². The van der Waals surface area contributed by atoms with E-state index < -0.39 is 6.09 Å². The van der Waals surface area contributed by atoms with Crippen molar-refractivity contribution in [3.63, 3.8) is 0 Å². The molecule has 1 saturated heterocycles. The summed E-state index contributed by atoms with van der Waals surface area (Å²) in [5, 5.41) is 0. The van der Waals surface area contributed by atoms with Gasteiger partial charge in [0.2, 0.25) is 0 Å². The molecule has 1 heterocycles. The van der Waals surface area contributed by atoms with Crippen LogP contribution in [0, 0.1) is 5.92 Å². The fourth-order valence-electron chi connectivity index (χ4n) is 2.17. The molecule has 4 nitrogen and oxygen atoms in total. The zero-order valence-corrected chi connectivity index (χ0v) is 10.5. The Labute approximate surface area is 111 Å². The Balaban J connectivity index is 1.80. The summed E-state index contributed by atoms with van der Waals surface area (Å²) in [7, 11) is 0. The van der Waals surface area contributed by atoms with Crippen molar-refractivity contribution >= 4 is 12.0 Å². The summed E-state index contributed by atoms with van der Waals surface area (Å²) in [4.78, 5) is 25.0. The number of cyclic esters (lactones) is 1. The molecule has 19 heavy (non-hydrogen) atoms. The minimum Gasteiger partial charge on any atom is -0.446 e. The molecule has 98 valence electrons. The van der Waals surface area contributed by atoms with Crippen molar-refractivity contribution in [3.05, 3.63) is 48.0 Å². The maximum absolute atomic E-state index is 12.1. The molecule has 4 heteroatoms. The monoisotopic (exact) mass is 257 g/mol. The summed E-state index contributed by atoms with van der Waals surface area (Å²) >= 11 is 0. The molecule has 1 atom stereocenters. The van der Waals surface area contributed by atoms with Crippen LogP contribution in [0.3, 0.4) is 0 Å². The number of hydrogen-bond donors (Lipinski definition) is 0. The van der Waals surface area contributed by atoms with Crippen LogP contribution in [0.25, 0.3) is 0 Å². The van der Waals surface area contributed by atoms with Gasteiger partial charge < -0.3 is 4.74 Å². The SMILES string of the molecule is O=C(/C=C/C1CC1)N1C(=O)OC[C@@H]1c1ccccc1. The third kappa shape index (κ3) is 2.52. The smallest absolute Gasteiger partial charge is 0.417 e. The van der Waals surface area contributed by atoms with Gasteiger partial charge >= 0.3 is 6.09 Å². The van der Waals surface area contributed by atoms with Gasteiger partial charge in [-0.1, -0.05) is 36.4 Å². The van der Waals surface area contributed by atoms with Gasteiger partial charge in [-0.25, -0.2) is 9.69 Å². The first-order chi connectivity index (χ1) is 9.25. The second kappa shape index (κ2) is 4.88. The number of imide groups is 1. The molecule has 0 spiro atoms. The third-order valence-electron chi connectivity index (χ3n) is 3.43. The van der Waals surface area contributed by atoms with Crippen molar-refractivity contribution in [2.75, 3.05) is 6.61 Å². The summed E-state index contributed by atoms with van der Waals surface area (Å²) in [6.45, 7) is 0.228. The molecule has 3 rings (SSSR count). The van der Waals surface area contributed by atoms with Gasteiger partial charge in [-0.3, -0.25) is 4.79 Å². The van der Waals surface area contributed by atoms with Crippen molar-refractivity contribution in [1.82, 2.24) is 4.90 Å². The highest BCUT2D eigenvalue weighted by atomic mass is 16.6. The molecule has 2 amide bonds. The van der Waals surface area contributed by atoms with Crippen LogP contribution in [-0.2, 0) is 9.53 Å². The number of carbonyl (C=O) groups excluding carboxylic acids is 2. The summed E-state index contributed by atoms with van der Waals surface area (Å²) < 4.78 is 5.01. The van der Waals surface area contributed by atoms with E-state index in [0.29, 0.717) is 5.92 Å². The second-order valence-corrected chi connectivity index (χ2v) is 4.91. The molecule has 1 saturated carbocycles. The molecule has 1 aliphatic carbocycles. The van der Waals surface area contributed by atoms with Gasteiger partial charge in [0.05, 0.1) is 0 Å². The quantitative estimate of drug-likeness (QED) is 0.782. The number of allylic oxidation sites excluding steroid dienone is 1. The molecule has 1 aliphatic heterocycles. The molecule has 1 aromatic rings. The Morgan fingerprint density at radius 2 is 2.00 bits per heavy atom. The molecular weight excluding hydrogens is 242 g/mol. The van der Waals surface area contributed by atoms with E-state index in [4.69, 9.17) is 4.74 Å². The van der Waals surface area contributed by atoms with Crippen molar-refractivity contribution in [1.29, 1.82) is 0 Å². The van der Waals surface area contributed by atoms with Crippen LogP contribution >= 0.6 is 0 Å². The van der Waals surface area contributed by atoms with Crippen molar-refractivity contribution in [2.24, 2.45) is 5.92 Å². The molecule has 0 N–H and O–H groups in total. The zero-order valence-electron chi connectivity index (χ0n) is 10.5. The molecule has 0 aromatic heterocycles. The van der Waals surface area contributed by atoms with Gasteiger partial charge in [0.1, 0.15) is 12.6 Å². The predicted molar refractivity (Wildman–Crippen MR) is 69.2 cm³/mol. The third-order valence-corrected chi connectivity index (χ3v) is 3.43. The number of ether oxygens (including phenoxy) is 1. The fraction of sp³-hybridized carbons (Fsp3) is 0.333.